The van der Waals surface area contributed by atoms with Gasteiger partial charge in [0.2, 0.25) is 11.8 Å². The van der Waals surface area contributed by atoms with Crippen molar-refractivity contribution in [1.82, 2.24) is 35.1 Å². The maximum absolute atomic E-state index is 13.9. The largest absolute Gasteiger partial charge is 0.390 e. The number of carbonyl (C=O) groups is 3. The zero-order chi connectivity index (χ0) is 33.8. The van der Waals surface area contributed by atoms with Crippen LogP contribution in [0.15, 0.2) is 24.3 Å². The molecular weight excluding hydrogens is 630 g/mol. The van der Waals surface area contributed by atoms with Crippen molar-refractivity contribution >= 4 is 30.1 Å². The van der Waals surface area contributed by atoms with Crippen LogP contribution in [0.2, 0.25) is 0 Å². The fourth-order valence-corrected chi connectivity index (χ4v) is 7.65. The van der Waals surface area contributed by atoms with Gasteiger partial charge in [-0.05, 0) is 84.3 Å². The first kappa shape index (κ1) is 37.8. The van der Waals surface area contributed by atoms with Crippen LogP contribution in [0.5, 0.6) is 0 Å². The predicted molar refractivity (Wildman–Crippen MR) is 190 cm³/mol. The maximum Gasteiger partial charge on any atom is 0.251 e. The summed E-state index contributed by atoms with van der Waals surface area (Å²) >= 11 is 0. The molecule has 0 bridgehead atoms. The minimum absolute atomic E-state index is 0. The molecule has 1 saturated carbocycles. The Kier molecular flexibility index (Phi) is 12.7. The first-order valence-electron chi connectivity index (χ1n) is 17.6. The SMILES string of the molecule is CCCCN1C(=O)[C@@H](CC2(O)CCCCC2)NC(=O)C12CCN(Cc1c(C)nn(-c3ccc(C(=O)NCCN(C)C)cc3)c1C)CC2.Cl. The molecule has 3 amide bonds. The van der Waals surface area contributed by atoms with E-state index >= 15 is 0 Å². The molecule has 3 fully saturated rings. The summed E-state index contributed by atoms with van der Waals surface area (Å²) in [5, 5.41) is 22.1. The van der Waals surface area contributed by atoms with Crippen molar-refractivity contribution < 1.29 is 19.5 Å². The molecule has 3 N–H and O–H groups in total. The number of piperazine rings is 1. The van der Waals surface area contributed by atoms with E-state index in [4.69, 9.17) is 5.10 Å². The number of nitrogens with zero attached hydrogens (tertiary/aromatic N) is 5. The highest BCUT2D eigenvalue weighted by molar-refractivity contribution is 6.00. The first-order chi connectivity index (χ1) is 22.5. The molecule has 1 aromatic heterocycles. The lowest BCUT2D eigenvalue weighted by Gasteiger charge is -2.52. The molecule has 3 aliphatic rings. The number of hydrogen-bond donors (Lipinski definition) is 3. The quantitative estimate of drug-likeness (QED) is 0.311. The molecular formula is C36H56ClN7O4. The molecule has 3 heterocycles. The van der Waals surface area contributed by atoms with Crippen molar-refractivity contribution in [3.8, 4) is 5.69 Å². The van der Waals surface area contributed by atoms with Gasteiger partial charge in [0.25, 0.3) is 5.91 Å². The van der Waals surface area contributed by atoms with Crippen LogP contribution in [0.25, 0.3) is 5.69 Å². The van der Waals surface area contributed by atoms with E-state index in [1.54, 1.807) is 0 Å². The number of aliphatic hydroxyl groups is 1. The van der Waals surface area contributed by atoms with Crippen molar-refractivity contribution in [2.75, 3.05) is 46.8 Å². The molecule has 1 aliphatic carbocycles. The van der Waals surface area contributed by atoms with E-state index in [-0.39, 0.29) is 30.1 Å². The van der Waals surface area contributed by atoms with Gasteiger partial charge in [-0.3, -0.25) is 19.3 Å². The number of rotatable bonds is 12. The van der Waals surface area contributed by atoms with Crippen molar-refractivity contribution in [1.29, 1.82) is 0 Å². The highest BCUT2D eigenvalue weighted by atomic mass is 35.5. The molecule has 2 saturated heterocycles. The van der Waals surface area contributed by atoms with Crippen LogP contribution in [0.4, 0.5) is 0 Å². The van der Waals surface area contributed by atoms with Crippen LogP contribution in [0.3, 0.4) is 0 Å². The number of likely N-dealkylation sites (tertiary alicyclic amines) is 1. The zero-order valence-corrected chi connectivity index (χ0v) is 30.3. The van der Waals surface area contributed by atoms with Gasteiger partial charge in [0.15, 0.2) is 0 Å². The van der Waals surface area contributed by atoms with E-state index in [9.17, 15) is 19.5 Å². The second kappa shape index (κ2) is 16.1. The van der Waals surface area contributed by atoms with Gasteiger partial charge in [0.1, 0.15) is 11.6 Å². The molecule has 2 aliphatic heterocycles. The van der Waals surface area contributed by atoms with Crippen LogP contribution < -0.4 is 10.6 Å². The van der Waals surface area contributed by atoms with E-state index in [0.29, 0.717) is 70.4 Å². The Labute approximate surface area is 292 Å². The van der Waals surface area contributed by atoms with Crippen LogP contribution in [-0.4, -0.2) is 111 Å². The number of aryl methyl sites for hydroxylation is 1. The lowest BCUT2D eigenvalue weighted by atomic mass is 9.77. The van der Waals surface area contributed by atoms with Gasteiger partial charge in [-0.25, -0.2) is 4.68 Å². The lowest BCUT2D eigenvalue weighted by Crippen LogP contribution is -2.73. The third-order valence-electron chi connectivity index (χ3n) is 10.6. The topological polar surface area (TPSA) is 123 Å². The number of benzene rings is 1. The Morgan fingerprint density at radius 3 is 2.35 bits per heavy atom. The van der Waals surface area contributed by atoms with Crippen LogP contribution >= 0.6 is 12.4 Å². The van der Waals surface area contributed by atoms with Gasteiger partial charge in [-0.15, -0.1) is 12.4 Å². The Balaban J connectivity index is 0.00000520. The summed E-state index contributed by atoms with van der Waals surface area (Å²) in [6.07, 6.45) is 7.67. The summed E-state index contributed by atoms with van der Waals surface area (Å²) in [5.74, 6) is -0.184. The van der Waals surface area contributed by atoms with E-state index < -0.39 is 17.2 Å². The van der Waals surface area contributed by atoms with Crippen molar-refractivity contribution in [3.63, 3.8) is 0 Å². The fraction of sp³-hybridized carbons (Fsp3) is 0.667. The van der Waals surface area contributed by atoms with E-state index in [0.717, 1.165) is 61.3 Å². The van der Waals surface area contributed by atoms with Crippen LogP contribution in [0.1, 0.15) is 98.4 Å². The number of aromatic nitrogens is 2. The monoisotopic (exact) mass is 685 g/mol. The molecule has 11 nitrogen and oxygen atoms in total. The highest BCUT2D eigenvalue weighted by Gasteiger charge is 2.54. The number of nitrogens with one attached hydrogen (secondary N) is 2. The molecule has 1 atom stereocenters. The molecule has 5 rings (SSSR count). The van der Waals surface area contributed by atoms with Crippen molar-refractivity contribution in [2.24, 2.45) is 0 Å². The number of piperidine rings is 1. The van der Waals surface area contributed by atoms with Crippen molar-refractivity contribution in [3.05, 3.63) is 46.8 Å². The van der Waals surface area contributed by atoms with Gasteiger partial charge < -0.3 is 25.5 Å². The standard InChI is InChI=1S/C36H55N7O4.ClH/c1-6-7-20-42-33(45)31(24-35(47)15-9-8-10-16-35)38-34(46)36(42)17-21-41(22-18-36)25-30-26(2)39-43(27(30)3)29-13-11-28(12-14-29)32(44)37-19-23-40(4)5;/h11-14,31,47H,6-10,15-25H2,1-5H3,(H,37,44)(H,38,46);1H/t31-;/m1./s1. The normalized spacial score (nSPS) is 20.9. The Hall–Kier alpha value is -2.99. The third kappa shape index (κ3) is 8.23. The van der Waals surface area contributed by atoms with E-state index in [1.807, 2.05) is 59.8 Å². The molecule has 0 radical (unpaired) electrons. The molecule has 0 unspecified atom stereocenters. The Morgan fingerprint density at radius 1 is 1.06 bits per heavy atom. The minimum atomic E-state index is -0.876. The summed E-state index contributed by atoms with van der Waals surface area (Å²) in [7, 11) is 3.95. The van der Waals surface area contributed by atoms with E-state index in [2.05, 4.69) is 29.4 Å². The lowest BCUT2D eigenvalue weighted by molar-refractivity contribution is -0.163. The summed E-state index contributed by atoms with van der Waals surface area (Å²) in [5.41, 5.74) is 2.94. The molecule has 1 aromatic carbocycles. The number of amides is 3. The fourth-order valence-electron chi connectivity index (χ4n) is 7.65. The zero-order valence-electron chi connectivity index (χ0n) is 29.5. The second-order valence-corrected chi connectivity index (χ2v) is 14.3. The Bertz CT molecular complexity index is 1410. The number of unbranched alkanes of at least 4 members (excludes halogenated alkanes) is 1. The predicted octanol–water partition coefficient (Wildman–Crippen LogP) is 3.75. The highest BCUT2D eigenvalue weighted by Crippen LogP contribution is 2.38. The van der Waals surface area contributed by atoms with Gasteiger partial charge in [-0.1, -0.05) is 32.6 Å². The van der Waals surface area contributed by atoms with Crippen LogP contribution in [0, 0.1) is 13.8 Å². The minimum Gasteiger partial charge on any atom is -0.390 e. The molecule has 266 valence electrons. The number of carbonyl (C=O) groups excluding carboxylic acids is 3. The number of halogens is 1. The maximum atomic E-state index is 13.9. The molecule has 2 aromatic rings. The second-order valence-electron chi connectivity index (χ2n) is 14.3. The first-order valence-corrected chi connectivity index (χ1v) is 17.6. The van der Waals surface area contributed by atoms with Crippen molar-refractivity contribution in [2.45, 2.75) is 109 Å². The summed E-state index contributed by atoms with van der Waals surface area (Å²) in [6.45, 7) is 10.2. The summed E-state index contributed by atoms with van der Waals surface area (Å²) in [6, 6.07) is 6.87. The van der Waals surface area contributed by atoms with Gasteiger partial charge in [-0.2, -0.15) is 5.10 Å². The van der Waals surface area contributed by atoms with Gasteiger partial charge in [0.05, 0.1) is 17.0 Å². The summed E-state index contributed by atoms with van der Waals surface area (Å²) < 4.78 is 1.93. The van der Waals surface area contributed by atoms with Gasteiger partial charge in [0, 0.05) is 62.5 Å². The Morgan fingerprint density at radius 2 is 1.73 bits per heavy atom. The third-order valence-corrected chi connectivity index (χ3v) is 10.6. The molecule has 1 spiro atoms. The van der Waals surface area contributed by atoms with E-state index in [1.165, 1.54) is 0 Å². The summed E-state index contributed by atoms with van der Waals surface area (Å²) in [4.78, 5) is 46.6. The molecule has 48 heavy (non-hydrogen) atoms. The average Bonchev–Trinajstić information content (AvgIpc) is 3.33. The average molecular weight is 686 g/mol. The van der Waals surface area contributed by atoms with Gasteiger partial charge >= 0.3 is 0 Å². The molecule has 12 heteroatoms. The smallest absolute Gasteiger partial charge is 0.251 e. The number of hydrogen-bond acceptors (Lipinski definition) is 7. The number of likely N-dealkylation sites (N-methyl/N-ethyl adjacent to an activating group) is 1. The van der Waals surface area contributed by atoms with Crippen LogP contribution in [-0.2, 0) is 16.1 Å².